The lowest BCUT2D eigenvalue weighted by atomic mass is 9.85. The number of nitrogens with one attached hydrogen (secondary N) is 2. The SMILES string of the molecule is CCS(=O)(=O)NCCN(C)C(=O)CC[C@H](NC(=O)C(CC1CCCCC1)=NC(=O)OCc1cccc(Cl)c1)C(=O)N(C)OC. The van der Waals surface area contributed by atoms with Crippen molar-refractivity contribution in [2.75, 3.05) is 40.0 Å². The molecular formula is C29H44ClN5O8S. The molecule has 0 saturated heterocycles. The Labute approximate surface area is 264 Å². The Morgan fingerprint density at radius 3 is 2.48 bits per heavy atom. The number of rotatable bonds is 16. The van der Waals surface area contributed by atoms with Gasteiger partial charge in [0.1, 0.15) is 18.4 Å². The van der Waals surface area contributed by atoms with E-state index in [1.165, 1.54) is 33.0 Å². The average Bonchev–Trinajstić information content (AvgIpc) is 3.01. The van der Waals surface area contributed by atoms with Crippen LogP contribution in [0.2, 0.25) is 5.02 Å². The molecule has 15 heteroatoms. The van der Waals surface area contributed by atoms with Crippen LogP contribution in [0.3, 0.4) is 0 Å². The molecule has 2 rings (SSSR count). The van der Waals surface area contributed by atoms with Crippen LogP contribution in [0.15, 0.2) is 29.3 Å². The molecule has 0 aromatic heterocycles. The van der Waals surface area contributed by atoms with E-state index >= 15 is 0 Å². The number of carbonyl (C=O) groups excluding carboxylic acids is 4. The fraction of sp³-hybridized carbons (Fsp3) is 0.621. The molecule has 1 fully saturated rings. The largest absolute Gasteiger partial charge is 0.443 e. The number of hydroxylamine groups is 2. The number of amides is 4. The van der Waals surface area contributed by atoms with Crippen LogP contribution in [-0.2, 0) is 40.6 Å². The molecule has 2 N–H and O–H groups in total. The molecule has 0 spiro atoms. The third kappa shape index (κ3) is 13.3. The van der Waals surface area contributed by atoms with Crippen LogP contribution in [0.4, 0.5) is 4.79 Å². The quantitative estimate of drug-likeness (QED) is 0.202. The number of hydrogen-bond donors (Lipinski definition) is 2. The minimum Gasteiger partial charge on any atom is -0.443 e. The van der Waals surface area contributed by atoms with Gasteiger partial charge in [-0.3, -0.25) is 19.2 Å². The first-order chi connectivity index (χ1) is 20.8. The van der Waals surface area contributed by atoms with Crippen molar-refractivity contribution >= 4 is 51.2 Å². The van der Waals surface area contributed by atoms with Gasteiger partial charge in [-0.15, -0.1) is 0 Å². The minimum absolute atomic E-state index is 0.0400. The van der Waals surface area contributed by atoms with Crippen molar-refractivity contribution in [1.29, 1.82) is 0 Å². The summed E-state index contributed by atoms with van der Waals surface area (Å²) < 4.78 is 31.0. The molecule has 0 heterocycles. The van der Waals surface area contributed by atoms with Crippen molar-refractivity contribution in [2.45, 2.75) is 70.9 Å². The molecule has 13 nitrogen and oxygen atoms in total. The van der Waals surface area contributed by atoms with Gasteiger partial charge in [0.15, 0.2) is 0 Å². The van der Waals surface area contributed by atoms with Crippen LogP contribution in [0.1, 0.15) is 63.9 Å². The molecule has 4 amide bonds. The maximum atomic E-state index is 13.5. The number of ether oxygens (including phenoxy) is 1. The van der Waals surface area contributed by atoms with Crippen LogP contribution < -0.4 is 10.0 Å². The van der Waals surface area contributed by atoms with Gasteiger partial charge in [-0.2, -0.15) is 4.99 Å². The molecule has 1 aromatic rings. The predicted molar refractivity (Wildman–Crippen MR) is 166 cm³/mol. The number of benzene rings is 1. The lowest BCUT2D eigenvalue weighted by molar-refractivity contribution is -0.171. The van der Waals surface area contributed by atoms with Gasteiger partial charge in [0.05, 0.1) is 12.9 Å². The van der Waals surface area contributed by atoms with E-state index in [-0.39, 0.29) is 62.2 Å². The molecule has 1 aliphatic carbocycles. The van der Waals surface area contributed by atoms with E-state index < -0.39 is 34.0 Å². The number of sulfonamides is 1. The fourth-order valence-corrected chi connectivity index (χ4v) is 5.45. The molecule has 1 aromatic carbocycles. The summed E-state index contributed by atoms with van der Waals surface area (Å²) in [5.41, 5.74) is 0.600. The van der Waals surface area contributed by atoms with E-state index in [0.717, 1.165) is 37.2 Å². The Hall–Kier alpha value is -3.07. The van der Waals surface area contributed by atoms with Gasteiger partial charge >= 0.3 is 6.09 Å². The molecule has 0 radical (unpaired) electrons. The summed E-state index contributed by atoms with van der Waals surface area (Å²) in [6.45, 7) is 1.58. The van der Waals surface area contributed by atoms with Crippen molar-refractivity contribution < 1.29 is 37.2 Å². The maximum Gasteiger partial charge on any atom is 0.434 e. The zero-order valence-electron chi connectivity index (χ0n) is 25.8. The first-order valence-electron chi connectivity index (χ1n) is 14.7. The van der Waals surface area contributed by atoms with Crippen molar-refractivity contribution in [3.63, 3.8) is 0 Å². The Kier molecular flexibility index (Phi) is 15.8. The number of aliphatic imine (C=N–C) groups is 1. The fourth-order valence-electron chi connectivity index (χ4n) is 4.63. The standard InChI is InChI=1S/C29H44ClN5O8S/c1-5-44(40,41)31-16-17-34(2)26(36)15-14-24(28(38)35(3)42-4)32-27(37)25(19-21-10-7-6-8-11-21)33-29(39)43-20-22-12-9-13-23(30)18-22/h9,12-13,18,21,24,31H,5-8,10-11,14-17,19-20H2,1-4H3,(H,32,37)/t24-/m0/s1. The van der Waals surface area contributed by atoms with Crippen molar-refractivity contribution in [3.8, 4) is 0 Å². The number of carbonyl (C=O) groups is 4. The van der Waals surface area contributed by atoms with E-state index in [1.54, 1.807) is 24.3 Å². The second-order valence-corrected chi connectivity index (χ2v) is 13.2. The molecule has 0 aliphatic heterocycles. The van der Waals surface area contributed by atoms with Gasteiger partial charge in [-0.05, 0) is 43.4 Å². The van der Waals surface area contributed by atoms with Gasteiger partial charge in [0, 0.05) is 38.6 Å². The smallest absolute Gasteiger partial charge is 0.434 e. The van der Waals surface area contributed by atoms with Crippen LogP contribution in [-0.4, -0.2) is 94.0 Å². The van der Waals surface area contributed by atoms with E-state index in [2.05, 4.69) is 15.0 Å². The first-order valence-corrected chi connectivity index (χ1v) is 16.7. The monoisotopic (exact) mass is 657 g/mol. The molecule has 0 unspecified atom stereocenters. The number of halogens is 1. The number of hydrogen-bond acceptors (Lipinski definition) is 8. The Morgan fingerprint density at radius 1 is 1.14 bits per heavy atom. The third-order valence-electron chi connectivity index (χ3n) is 7.36. The molecule has 246 valence electrons. The lowest BCUT2D eigenvalue weighted by Crippen LogP contribution is -2.49. The zero-order valence-corrected chi connectivity index (χ0v) is 27.4. The van der Waals surface area contributed by atoms with Crippen LogP contribution in [0.5, 0.6) is 0 Å². The Balaban J connectivity index is 2.14. The van der Waals surface area contributed by atoms with Gasteiger partial charge < -0.3 is 15.0 Å². The van der Waals surface area contributed by atoms with E-state index in [4.69, 9.17) is 21.2 Å². The average molecular weight is 658 g/mol. The summed E-state index contributed by atoms with van der Waals surface area (Å²) in [6.07, 6.45) is 3.97. The van der Waals surface area contributed by atoms with Gasteiger partial charge in [0.2, 0.25) is 15.9 Å². The molecule has 1 aliphatic rings. The summed E-state index contributed by atoms with van der Waals surface area (Å²) in [6, 6.07) is 5.64. The first kappa shape index (κ1) is 37.1. The number of likely N-dealkylation sites (N-methyl/N-ethyl adjacent to an activating group) is 2. The number of nitrogens with zero attached hydrogens (tertiary/aromatic N) is 3. The summed E-state index contributed by atoms with van der Waals surface area (Å²) in [5.74, 6) is -1.61. The molecular weight excluding hydrogens is 614 g/mol. The predicted octanol–water partition coefficient (Wildman–Crippen LogP) is 3.07. The van der Waals surface area contributed by atoms with Crippen LogP contribution in [0.25, 0.3) is 0 Å². The normalized spacial score (nSPS) is 14.9. The molecule has 44 heavy (non-hydrogen) atoms. The minimum atomic E-state index is -3.40. The summed E-state index contributed by atoms with van der Waals surface area (Å²) in [5, 5.41) is 4.07. The summed E-state index contributed by atoms with van der Waals surface area (Å²) in [7, 11) is 0.782. The van der Waals surface area contributed by atoms with Crippen molar-refractivity contribution in [2.24, 2.45) is 10.9 Å². The molecule has 1 saturated carbocycles. The van der Waals surface area contributed by atoms with Gasteiger partial charge in [0.25, 0.3) is 11.8 Å². The van der Waals surface area contributed by atoms with Crippen molar-refractivity contribution in [3.05, 3.63) is 34.9 Å². The van der Waals surface area contributed by atoms with Gasteiger partial charge in [-0.25, -0.2) is 23.0 Å². The third-order valence-corrected chi connectivity index (χ3v) is 9.00. The van der Waals surface area contributed by atoms with Crippen molar-refractivity contribution in [1.82, 2.24) is 20.0 Å². The molecule has 1 atom stereocenters. The highest BCUT2D eigenvalue weighted by atomic mass is 35.5. The second-order valence-electron chi connectivity index (χ2n) is 10.6. The highest BCUT2D eigenvalue weighted by Gasteiger charge is 2.29. The lowest BCUT2D eigenvalue weighted by Gasteiger charge is -2.25. The highest BCUT2D eigenvalue weighted by Crippen LogP contribution is 2.27. The Bertz CT molecular complexity index is 1270. The summed E-state index contributed by atoms with van der Waals surface area (Å²) in [4.78, 5) is 62.4. The van der Waals surface area contributed by atoms with Gasteiger partial charge in [-0.1, -0.05) is 55.8 Å². The highest BCUT2D eigenvalue weighted by molar-refractivity contribution is 7.89. The second kappa shape index (κ2) is 18.7. The topological polar surface area (TPSA) is 164 Å². The van der Waals surface area contributed by atoms with E-state index in [0.29, 0.717) is 10.6 Å². The van der Waals surface area contributed by atoms with E-state index in [9.17, 15) is 27.6 Å². The molecule has 0 bridgehead atoms. The Morgan fingerprint density at radius 2 is 1.84 bits per heavy atom. The van der Waals surface area contributed by atoms with E-state index in [1.807, 2.05) is 0 Å². The summed E-state index contributed by atoms with van der Waals surface area (Å²) >= 11 is 6.00. The van der Waals surface area contributed by atoms with Crippen LogP contribution >= 0.6 is 11.6 Å². The van der Waals surface area contributed by atoms with Crippen LogP contribution in [0, 0.1) is 5.92 Å². The zero-order chi connectivity index (χ0) is 32.7. The maximum absolute atomic E-state index is 13.5.